The SMILES string of the molecule is Cc1cc(Br)cc(OCC2CNC2)c1. The molecule has 1 aliphatic heterocycles. The third-order valence-electron chi connectivity index (χ3n) is 2.37. The van der Waals surface area contributed by atoms with E-state index in [4.69, 9.17) is 4.74 Å². The fourth-order valence-electron chi connectivity index (χ4n) is 1.47. The van der Waals surface area contributed by atoms with Crippen molar-refractivity contribution in [3.8, 4) is 5.75 Å². The molecule has 14 heavy (non-hydrogen) atoms. The third-order valence-corrected chi connectivity index (χ3v) is 2.83. The van der Waals surface area contributed by atoms with Gasteiger partial charge in [-0.05, 0) is 30.7 Å². The molecule has 0 atom stereocenters. The number of hydrogen-bond acceptors (Lipinski definition) is 2. The van der Waals surface area contributed by atoms with E-state index in [0.717, 1.165) is 29.9 Å². The summed E-state index contributed by atoms with van der Waals surface area (Å²) in [6.45, 7) is 5.07. The Bertz CT molecular complexity index is 303. The van der Waals surface area contributed by atoms with Gasteiger partial charge in [-0.25, -0.2) is 0 Å². The predicted octanol–water partition coefficient (Wildman–Crippen LogP) is 2.36. The Kier molecular flexibility index (Phi) is 3.08. The van der Waals surface area contributed by atoms with Crippen molar-refractivity contribution in [1.29, 1.82) is 0 Å². The fraction of sp³-hybridized carbons (Fsp3) is 0.455. The van der Waals surface area contributed by atoms with Gasteiger partial charge in [0.2, 0.25) is 0 Å². The van der Waals surface area contributed by atoms with Gasteiger partial charge in [-0.2, -0.15) is 0 Å². The zero-order valence-corrected chi connectivity index (χ0v) is 9.80. The monoisotopic (exact) mass is 255 g/mol. The molecule has 0 aromatic heterocycles. The molecule has 76 valence electrons. The molecule has 0 unspecified atom stereocenters. The normalized spacial score (nSPS) is 16.4. The number of halogens is 1. The molecule has 1 aromatic rings. The molecule has 1 heterocycles. The van der Waals surface area contributed by atoms with Crippen molar-refractivity contribution in [2.75, 3.05) is 19.7 Å². The number of aryl methyl sites for hydroxylation is 1. The van der Waals surface area contributed by atoms with Crippen molar-refractivity contribution in [3.05, 3.63) is 28.2 Å². The minimum Gasteiger partial charge on any atom is -0.493 e. The van der Waals surface area contributed by atoms with E-state index in [0.29, 0.717) is 5.92 Å². The van der Waals surface area contributed by atoms with Crippen LogP contribution in [-0.4, -0.2) is 19.7 Å². The summed E-state index contributed by atoms with van der Waals surface area (Å²) in [5.74, 6) is 1.65. The van der Waals surface area contributed by atoms with E-state index in [1.807, 2.05) is 6.07 Å². The lowest BCUT2D eigenvalue weighted by Crippen LogP contribution is -2.45. The summed E-state index contributed by atoms with van der Waals surface area (Å²) in [6.07, 6.45) is 0. The van der Waals surface area contributed by atoms with Crippen LogP contribution in [0.2, 0.25) is 0 Å². The molecular weight excluding hydrogens is 242 g/mol. The lowest BCUT2D eigenvalue weighted by Gasteiger charge is -2.26. The average Bonchev–Trinajstić information content (AvgIpc) is 1.99. The quantitative estimate of drug-likeness (QED) is 0.896. The summed E-state index contributed by atoms with van der Waals surface area (Å²) in [5.41, 5.74) is 1.22. The van der Waals surface area contributed by atoms with E-state index in [9.17, 15) is 0 Å². The first-order valence-corrected chi connectivity index (χ1v) is 5.64. The Morgan fingerprint density at radius 3 is 2.79 bits per heavy atom. The second-order valence-corrected chi connectivity index (χ2v) is 4.72. The molecule has 0 saturated carbocycles. The highest BCUT2D eigenvalue weighted by molar-refractivity contribution is 9.10. The Hall–Kier alpha value is -0.540. The molecule has 0 amide bonds. The van der Waals surface area contributed by atoms with E-state index >= 15 is 0 Å². The van der Waals surface area contributed by atoms with Crippen LogP contribution >= 0.6 is 15.9 Å². The lowest BCUT2D eigenvalue weighted by molar-refractivity contribution is 0.199. The smallest absolute Gasteiger partial charge is 0.120 e. The van der Waals surface area contributed by atoms with Gasteiger partial charge in [-0.1, -0.05) is 15.9 Å². The predicted molar refractivity (Wildman–Crippen MR) is 60.7 cm³/mol. The van der Waals surface area contributed by atoms with E-state index in [2.05, 4.69) is 40.3 Å². The van der Waals surface area contributed by atoms with Gasteiger partial charge in [0.25, 0.3) is 0 Å². The Labute approximate surface area is 92.8 Å². The molecule has 0 bridgehead atoms. The number of benzene rings is 1. The van der Waals surface area contributed by atoms with Crippen molar-refractivity contribution in [1.82, 2.24) is 5.32 Å². The molecular formula is C11H14BrNO. The Morgan fingerprint density at radius 2 is 2.21 bits per heavy atom. The summed E-state index contributed by atoms with van der Waals surface area (Å²) in [6, 6.07) is 6.16. The van der Waals surface area contributed by atoms with Crippen LogP contribution in [0.1, 0.15) is 5.56 Å². The first-order valence-electron chi connectivity index (χ1n) is 4.85. The van der Waals surface area contributed by atoms with Crippen molar-refractivity contribution < 1.29 is 4.74 Å². The summed E-state index contributed by atoms with van der Waals surface area (Å²) in [7, 11) is 0. The van der Waals surface area contributed by atoms with Crippen LogP contribution in [0.25, 0.3) is 0 Å². The Balaban J connectivity index is 1.94. The molecule has 2 rings (SSSR count). The van der Waals surface area contributed by atoms with Gasteiger partial charge >= 0.3 is 0 Å². The second kappa shape index (κ2) is 4.32. The zero-order valence-electron chi connectivity index (χ0n) is 8.22. The van der Waals surface area contributed by atoms with Crippen molar-refractivity contribution in [2.24, 2.45) is 5.92 Å². The molecule has 0 spiro atoms. The van der Waals surface area contributed by atoms with Crippen LogP contribution in [0, 0.1) is 12.8 Å². The maximum atomic E-state index is 5.70. The van der Waals surface area contributed by atoms with Crippen molar-refractivity contribution >= 4 is 15.9 Å². The van der Waals surface area contributed by atoms with Crippen LogP contribution in [-0.2, 0) is 0 Å². The maximum absolute atomic E-state index is 5.70. The first kappa shape index (κ1) is 9.99. The Morgan fingerprint density at radius 1 is 1.43 bits per heavy atom. The van der Waals surface area contributed by atoms with Gasteiger partial charge in [0, 0.05) is 23.5 Å². The van der Waals surface area contributed by atoms with Crippen LogP contribution in [0.5, 0.6) is 5.75 Å². The molecule has 3 heteroatoms. The summed E-state index contributed by atoms with van der Waals surface area (Å²) in [4.78, 5) is 0. The molecule has 2 nitrogen and oxygen atoms in total. The largest absolute Gasteiger partial charge is 0.493 e. The third kappa shape index (κ3) is 2.49. The standard InChI is InChI=1S/C11H14BrNO/c1-8-2-10(12)4-11(3-8)14-7-9-5-13-6-9/h2-4,9,13H,5-7H2,1H3. The molecule has 1 fully saturated rings. The number of nitrogens with one attached hydrogen (secondary N) is 1. The lowest BCUT2D eigenvalue weighted by atomic mass is 10.1. The molecule has 1 aliphatic rings. The van der Waals surface area contributed by atoms with Crippen molar-refractivity contribution in [3.63, 3.8) is 0 Å². The summed E-state index contributed by atoms with van der Waals surface area (Å²) < 4.78 is 6.78. The van der Waals surface area contributed by atoms with Crippen LogP contribution in [0.4, 0.5) is 0 Å². The summed E-state index contributed by atoms with van der Waals surface area (Å²) in [5, 5.41) is 3.23. The number of hydrogen-bond donors (Lipinski definition) is 1. The average molecular weight is 256 g/mol. The molecule has 1 aromatic carbocycles. The molecule has 0 radical (unpaired) electrons. The van der Waals surface area contributed by atoms with Gasteiger partial charge in [0.1, 0.15) is 5.75 Å². The topological polar surface area (TPSA) is 21.3 Å². The van der Waals surface area contributed by atoms with Gasteiger partial charge < -0.3 is 10.1 Å². The highest BCUT2D eigenvalue weighted by atomic mass is 79.9. The van der Waals surface area contributed by atoms with E-state index < -0.39 is 0 Å². The second-order valence-electron chi connectivity index (χ2n) is 3.80. The van der Waals surface area contributed by atoms with E-state index in [-0.39, 0.29) is 0 Å². The van der Waals surface area contributed by atoms with E-state index in [1.165, 1.54) is 5.56 Å². The van der Waals surface area contributed by atoms with Gasteiger partial charge in [0.15, 0.2) is 0 Å². The molecule has 1 saturated heterocycles. The van der Waals surface area contributed by atoms with Crippen LogP contribution in [0.15, 0.2) is 22.7 Å². The number of ether oxygens (including phenoxy) is 1. The zero-order chi connectivity index (χ0) is 9.97. The highest BCUT2D eigenvalue weighted by Crippen LogP contribution is 2.21. The fourth-order valence-corrected chi connectivity index (χ4v) is 2.05. The van der Waals surface area contributed by atoms with Crippen molar-refractivity contribution in [2.45, 2.75) is 6.92 Å². The maximum Gasteiger partial charge on any atom is 0.120 e. The van der Waals surface area contributed by atoms with Crippen LogP contribution in [0.3, 0.4) is 0 Å². The van der Waals surface area contributed by atoms with Gasteiger partial charge in [0.05, 0.1) is 6.61 Å². The summed E-state index contributed by atoms with van der Waals surface area (Å²) >= 11 is 3.46. The molecule has 0 aliphatic carbocycles. The van der Waals surface area contributed by atoms with Gasteiger partial charge in [-0.15, -0.1) is 0 Å². The van der Waals surface area contributed by atoms with Gasteiger partial charge in [-0.3, -0.25) is 0 Å². The van der Waals surface area contributed by atoms with E-state index in [1.54, 1.807) is 0 Å². The number of rotatable bonds is 3. The first-order chi connectivity index (χ1) is 6.74. The molecule has 1 N–H and O–H groups in total. The minimum atomic E-state index is 0.689. The highest BCUT2D eigenvalue weighted by Gasteiger charge is 2.17. The van der Waals surface area contributed by atoms with Crippen LogP contribution < -0.4 is 10.1 Å². The minimum absolute atomic E-state index is 0.689.